The first-order valence-corrected chi connectivity index (χ1v) is 4.92. The van der Waals surface area contributed by atoms with Crippen LogP contribution in [-0.4, -0.2) is 13.1 Å². The molecule has 0 fully saturated rings. The van der Waals surface area contributed by atoms with Crippen molar-refractivity contribution in [1.82, 2.24) is 5.32 Å². The van der Waals surface area contributed by atoms with Crippen molar-refractivity contribution >= 4 is 5.57 Å². The predicted octanol–water partition coefficient (Wildman–Crippen LogP) is 2.45. The van der Waals surface area contributed by atoms with Gasteiger partial charge in [0.05, 0.1) is 0 Å². The van der Waals surface area contributed by atoms with Crippen molar-refractivity contribution in [2.45, 2.75) is 12.8 Å². The van der Waals surface area contributed by atoms with E-state index in [1.807, 2.05) is 0 Å². The lowest BCUT2D eigenvalue weighted by Gasteiger charge is -2.05. The first-order valence-electron chi connectivity index (χ1n) is 4.92. The molecule has 1 nitrogen and oxygen atoms in total. The van der Waals surface area contributed by atoms with E-state index >= 15 is 0 Å². The number of benzene rings is 1. The zero-order valence-corrected chi connectivity index (χ0v) is 7.79. The lowest BCUT2D eigenvalue weighted by Crippen LogP contribution is -2.15. The van der Waals surface area contributed by atoms with Gasteiger partial charge in [-0.25, -0.2) is 0 Å². The third-order valence-corrected chi connectivity index (χ3v) is 2.41. The second kappa shape index (κ2) is 4.24. The Kier molecular flexibility index (Phi) is 2.78. The van der Waals surface area contributed by atoms with Gasteiger partial charge in [0, 0.05) is 6.54 Å². The largest absolute Gasteiger partial charge is 0.313 e. The molecular weight excluding hydrogens is 158 g/mol. The Balaban J connectivity index is 2.19. The van der Waals surface area contributed by atoms with Gasteiger partial charge in [-0.1, -0.05) is 36.4 Å². The van der Waals surface area contributed by atoms with E-state index in [0.29, 0.717) is 0 Å². The monoisotopic (exact) mass is 173 g/mol. The lowest BCUT2D eigenvalue weighted by molar-refractivity contribution is 0.724. The average molecular weight is 173 g/mol. The molecule has 1 aliphatic heterocycles. The van der Waals surface area contributed by atoms with Crippen molar-refractivity contribution in [3.05, 3.63) is 42.0 Å². The van der Waals surface area contributed by atoms with Crippen molar-refractivity contribution in [3.63, 3.8) is 0 Å². The van der Waals surface area contributed by atoms with E-state index in [9.17, 15) is 0 Å². The summed E-state index contributed by atoms with van der Waals surface area (Å²) in [4.78, 5) is 0. The molecule has 1 aromatic rings. The second-order valence-corrected chi connectivity index (χ2v) is 3.41. The maximum atomic E-state index is 3.43. The van der Waals surface area contributed by atoms with Crippen LogP contribution in [0.1, 0.15) is 18.4 Å². The minimum absolute atomic E-state index is 1.02. The van der Waals surface area contributed by atoms with Gasteiger partial charge in [-0.3, -0.25) is 0 Å². The molecule has 0 saturated heterocycles. The number of allylic oxidation sites excluding steroid dienone is 1. The van der Waals surface area contributed by atoms with E-state index in [1.54, 1.807) is 0 Å². The van der Waals surface area contributed by atoms with Crippen LogP contribution in [0, 0.1) is 0 Å². The third-order valence-electron chi connectivity index (χ3n) is 2.41. The van der Waals surface area contributed by atoms with Crippen LogP contribution in [0.15, 0.2) is 36.4 Å². The van der Waals surface area contributed by atoms with Crippen LogP contribution in [0.5, 0.6) is 0 Å². The fraction of sp³-hybridized carbons (Fsp3) is 0.333. The van der Waals surface area contributed by atoms with Crippen LogP contribution in [0.4, 0.5) is 0 Å². The van der Waals surface area contributed by atoms with E-state index in [2.05, 4.69) is 41.7 Å². The fourth-order valence-electron chi connectivity index (χ4n) is 1.67. The van der Waals surface area contributed by atoms with Gasteiger partial charge in [-0.05, 0) is 30.5 Å². The topological polar surface area (TPSA) is 12.0 Å². The predicted molar refractivity (Wildman–Crippen MR) is 56.5 cm³/mol. The van der Waals surface area contributed by atoms with E-state index in [0.717, 1.165) is 13.1 Å². The van der Waals surface area contributed by atoms with Crippen LogP contribution < -0.4 is 5.32 Å². The number of nitrogens with one attached hydrogen (secondary N) is 1. The molecule has 0 amide bonds. The molecule has 0 radical (unpaired) electrons. The summed E-state index contributed by atoms with van der Waals surface area (Å²) in [5.74, 6) is 0. The highest BCUT2D eigenvalue weighted by atomic mass is 14.8. The molecule has 68 valence electrons. The molecule has 2 rings (SSSR count). The van der Waals surface area contributed by atoms with Crippen LogP contribution in [0.2, 0.25) is 0 Å². The van der Waals surface area contributed by atoms with Crippen LogP contribution in [-0.2, 0) is 0 Å². The van der Waals surface area contributed by atoms with E-state index in [-0.39, 0.29) is 0 Å². The first kappa shape index (κ1) is 8.52. The standard InChI is InChI=1S/C12H15N/c1-2-6-11(7-3-1)12-8-4-5-9-13-10-12/h1-3,6-8,13H,4-5,9-10H2. The Morgan fingerprint density at radius 1 is 1.08 bits per heavy atom. The van der Waals surface area contributed by atoms with Crippen molar-refractivity contribution in [3.8, 4) is 0 Å². The summed E-state index contributed by atoms with van der Waals surface area (Å²) >= 11 is 0. The van der Waals surface area contributed by atoms with Gasteiger partial charge in [0.2, 0.25) is 0 Å². The molecule has 0 aromatic heterocycles. The minimum atomic E-state index is 1.02. The number of rotatable bonds is 1. The Hall–Kier alpha value is -1.08. The Morgan fingerprint density at radius 2 is 1.92 bits per heavy atom. The van der Waals surface area contributed by atoms with Crippen LogP contribution in [0.25, 0.3) is 5.57 Å². The van der Waals surface area contributed by atoms with Gasteiger partial charge in [-0.15, -0.1) is 0 Å². The molecule has 0 bridgehead atoms. The third kappa shape index (κ3) is 2.19. The minimum Gasteiger partial charge on any atom is -0.313 e. The summed E-state index contributed by atoms with van der Waals surface area (Å²) in [6.07, 6.45) is 4.82. The summed E-state index contributed by atoms with van der Waals surface area (Å²) in [5, 5.41) is 3.43. The maximum Gasteiger partial charge on any atom is 0.0208 e. The summed E-state index contributed by atoms with van der Waals surface area (Å²) in [7, 11) is 0. The Bertz CT molecular complexity index is 287. The normalized spacial score (nSPS) is 17.7. The van der Waals surface area contributed by atoms with Crippen LogP contribution in [0.3, 0.4) is 0 Å². The van der Waals surface area contributed by atoms with E-state index in [1.165, 1.54) is 24.0 Å². The highest BCUT2D eigenvalue weighted by Crippen LogP contribution is 2.15. The zero-order valence-electron chi connectivity index (χ0n) is 7.79. The van der Waals surface area contributed by atoms with Crippen molar-refractivity contribution < 1.29 is 0 Å². The summed E-state index contributed by atoms with van der Waals surface area (Å²) in [6, 6.07) is 10.6. The molecule has 0 spiro atoms. The lowest BCUT2D eigenvalue weighted by atomic mass is 10.1. The van der Waals surface area contributed by atoms with Gasteiger partial charge in [0.15, 0.2) is 0 Å². The van der Waals surface area contributed by atoms with Crippen molar-refractivity contribution in [2.75, 3.05) is 13.1 Å². The second-order valence-electron chi connectivity index (χ2n) is 3.41. The maximum absolute atomic E-state index is 3.43. The SMILES string of the molecule is C1=C(c2ccccc2)CNCCC1. The highest BCUT2D eigenvalue weighted by molar-refractivity contribution is 5.66. The molecule has 0 saturated carbocycles. The summed E-state index contributed by atoms with van der Waals surface area (Å²) in [5.41, 5.74) is 2.80. The molecule has 0 unspecified atom stereocenters. The molecule has 1 aromatic carbocycles. The first-order chi connectivity index (χ1) is 6.47. The Morgan fingerprint density at radius 3 is 2.77 bits per heavy atom. The van der Waals surface area contributed by atoms with Gasteiger partial charge < -0.3 is 5.32 Å². The molecule has 1 N–H and O–H groups in total. The van der Waals surface area contributed by atoms with E-state index in [4.69, 9.17) is 0 Å². The molecule has 13 heavy (non-hydrogen) atoms. The smallest absolute Gasteiger partial charge is 0.0208 e. The summed E-state index contributed by atoms with van der Waals surface area (Å²) < 4.78 is 0. The Labute approximate surface area is 79.5 Å². The number of hydrogen-bond donors (Lipinski definition) is 1. The van der Waals surface area contributed by atoms with Gasteiger partial charge in [0.25, 0.3) is 0 Å². The van der Waals surface area contributed by atoms with Gasteiger partial charge >= 0.3 is 0 Å². The molecular formula is C12H15N. The molecule has 1 heteroatoms. The van der Waals surface area contributed by atoms with Crippen molar-refractivity contribution in [1.29, 1.82) is 0 Å². The average Bonchev–Trinajstić information content (AvgIpc) is 2.47. The van der Waals surface area contributed by atoms with E-state index < -0.39 is 0 Å². The van der Waals surface area contributed by atoms with Crippen molar-refractivity contribution in [2.24, 2.45) is 0 Å². The van der Waals surface area contributed by atoms with Gasteiger partial charge in [0.1, 0.15) is 0 Å². The number of hydrogen-bond acceptors (Lipinski definition) is 1. The quantitative estimate of drug-likeness (QED) is 0.688. The molecule has 1 aliphatic rings. The molecule has 0 atom stereocenters. The molecule has 1 heterocycles. The highest BCUT2D eigenvalue weighted by Gasteiger charge is 2.02. The fourth-order valence-corrected chi connectivity index (χ4v) is 1.67. The summed E-state index contributed by atoms with van der Waals surface area (Å²) in [6.45, 7) is 2.16. The zero-order chi connectivity index (χ0) is 8.93. The molecule has 0 aliphatic carbocycles. The van der Waals surface area contributed by atoms with Gasteiger partial charge in [-0.2, -0.15) is 0 Å². The van der Waals surface area contributed by atoms with Crippen LogP contribution >= 0.6 is 0 Å².